The second-order valence-corrected chi connectivity index (χ2v) is 4.32. The smallest absolute Gasteiger partial charge is 0.258 e. The lowest BCUT2D eigenvalue weighted by Crippen LogP contribution is -2.42. The van der Waals surface area contributed by atoms with Gasteiger partial charge in [-0.3, -0.25) is 4.79 Å². The van der Waals surface area contributed by atoms with E-state index in [2.05, 4.69) is 5.16 Å². The first-order chi connectivity index (χ1) is 8.86. The van der Waals surface area contributed by atoms with Gasteiger partial charge < -0.3 is 26.1 Å². The summed E-state index contributed by atoms with van der Waals surface area (Å²) in [5.74, 6) is -1.02. The van der Waals surface area contributed by atoms with Gasteiger partial charge in [0.2, 0.25) is 0 Å². The number of phenols is 2. The number of nitrogens with two attached hydrogens (primary N) is 1. The number of carbonyl (C=O) groups is 1. The van der Waals surface area contributed by atoms with Crippen LogP contribution in [0.3, 0.4) is 0 Å². The van der Waals surface area contributed by atoms with Gasteiger partial charge in [0.05, 0.1) is 12.1 Å². The first kappa shape index (κ1) is 14.6. The van der Waals surface area contributed by atoms with Gasteiger partial charge in [-0.05, 0) is 32.0 Å². The minimum Gasteiger partial charge on any atom is -0.508 e. The van der Waals surface area contributed by atoms with Crippen molar-refractivity contribution in [3.05, 3.63) is 23.8 Å². The highest BCUT2D eigenvalue weighted by molar-refractivity contribution is 5.99. The third-order valence-corrected chi connectivity index (χ3v) is 2.56. The lowest BCUT2D eigenvalue weighted by atomic mass is 10.1. The monoisotopic (exact) mass is 267 g/mol. The Morgan fingerprint density at radius 3 is 2.58 bits per heavy atom. The fourth-order valence-corrected chi connectivity index (χ4v) is 1.55. The molecule has 0 heterocycles. The largest absolute Gasteiger partial charge is 0.508 e. The molecular weight excluding hydrogens is 250 g/mol. The van der Waals surface area contributed by atoms with Gasteiger partial charge in [0, 0.05) is 6.04 Å². The number of amidine groups is 1. The first-order valence-corrected chi connectivity index (χ1v) is 5.66. The third kappa shape index (κ3) is 3.51. The molecule has 0 bridgehead atoms. The van der Waals surface area contributed by atoms with Gasteiger partial charge in [0.25, 0.3) is 5.91 Å². The molecular formula is C12H17N3O4. The molecule has 0 fully saturated rings. The van der Waals surface area contributed by atoms with E-state index in [4.69, 9.17) is 10.9 Å². The van der Waals surface area contributed by atoms with Gasteiger partial charge in [-0.1, -0.05) is 5.16 Å². The Morgan fingerprint density at radius 2 is 2.05 bits per heavy atom. The minimum atomic E-state index is -0.519. The summed E-state index contributed by atoms with van der Waals surface area (Å²) in [6, 6.07) is 3.44. The summed E-state index contributed by atoms with van der Waals surface area (Å²) in [5, 5.41) is 30.4. The second-order valence-electron chi connectivity index (χ2n) is 4.32. The average Bonchev–Trinajstić information content (AvgIpc) is 2.37. The van der Waals surface area contributed by atoms with Crippen LogP contribution >= 0.6 is 0 Å². The molecule has 0 saturated heterocycles. The summed E-state index contributed by atoms with van der Waals surface area (Å²) in [6.45, 7) is 3.42. The normalized spacial score (nSPS) is 11.6. The molecule has 1 aromatic rings. The number of aromatic hydroxyl groups is 2. The molecule has 0 radical (unpaired) electrons. The molecule has 1 rings (SSSR count). The van der Waals surface area contributed by atoms with Gasteiger partial charge >= 0.3 is 0 Å². The molecule has 7 nitrogen and oxygen atoms in total. The van der Waals surface area contributed by atoms with Gasteiger partial charge in [-0.25, -0.2) is 0 Å². The van der Waals surface area contributed by atoms with Crippen molar-refractivity contribution < 1.29 is 20.2 Å². The standard InChI is InChI=1S/C12H17N3O4/c1-7(2)15(6-11(13)14-19)12(18)9-5-8(16)3-4-10(9)17/h3-5,7,16-17,19H,6H2,1-2H3,(H2,13,14). The van der Waals surface area contributed by atoms with Crippen LogP contribution in [-0.4, -0.2) is 44.6 Å². The maximum Gasteiger partial charge on any atom is 0.258 e. The fourth-order valence-electron chi connectivity index (χ4n) is 1.55. The third-order valence-electron chi connectivity index (χ3n) is 2.56. The zero-order valence-corrected chi connectivity index (χ0v) is 10.7. The van der Waals surface area contributed by atoms with Crippen LogP contribution in [0.1, 0.15) is 24.2 Å². The molecule has 7 heteroatoms. The van der Waals surface area contributed by atoms with Gasteiger partial charge in [0.1, 0.15) is 11.5 Å². The van der Waals surface area contributed by atoms with Crippen molar-refractivity contribution in [1.29, 1.82) is 0 Å². The molecule has 0 spiro atoms. The predicted molar refractivity (Wildman–Crippen MR) is 69.4 cm³/mol. The van der Waals surface area contributed by atoms with E-state index in [9.17, 15) is 15.0 Å². The maximum absolute atomic E-state index is 12.3. The van der Waals surface area contributed by atoms with Gasteiger partial charge in [-0.15, -0.1) is 0 Å². The van der Waals surface area contributed by atoms with Crippen molar-refractivity contribution in [1.82, 2.24) is 4.90 Å². The molecule has 104 valence electrons. The van der Waals surface area contributed by atoms with Crippen molar-refractivity contribution in [3.63, 3.8) is 0 Å². The summed E-state index contributed by atoms with van der Waals surface area (Å²) >= 11 is 0. The summed E-state index contributed by atoms with van der Waals surface area (Å²) in [7, 11) is 0. The van der Waals surface area contributed by atoms with Crippen molar-refractivity contribution in [2.24, 2.45) is 10.9 Å². The Balaban J connectivity index is 3.09. The summed E-state index contributed by atoms with van der Waals surface area (Å²) in [6.07, 6.45) is 0. The van der Waals surface area contributed by atoms with Crippen LogP contribution in [0.2, 0.25) is 0 Å². The lowest BCUT2D eigenvalue weighted by Gasteiger charge is -2.26. The Bertz CT molecular complexity index is 500. The van der Waals surface area contributed by atoms with Gasteiger partial charge in [0.15, 0.2) is 5.84 Å². The number of carbonyl (C=O) groups excluding carboxylic acids is 1. The molecule has 0 aliphatic rings. The highest BCUT2D eigenvalue weighted by atomic mass is 16.4. The highest BCUT2D eigenvalue weighted by Crippen LogP contribution is 2.24. The van der Waals surface area contributed by atoms with Gasteiger partial charge in [-0.2, -0.15) is 0 Å². The molecule has 1 amide bonds. The first-order valence-electron chi connectivity index (χ1n) is 5.66. The Kier molecular flexibility index (Phi) is 4.57. The topological polar surface area (TPSA) is 119 Å². The van der Waals surface area contributed by atoms with Crippen molar-refractivity contribution in [2.45, 2.75) is 19.9 Å². The Morgan fingerprint density at radius 1 is 1.42 bits per heavy atom. The number of hydrogen-bond donors (Lipinski definition) is 4. The van der Waals surface area contributed by atoms with Crippen LogP contribution in [0.25, 0.3) is 0 Å². The summed E-state index contributed by atoms with van der Waals surface area (Å²) < 4.78 is 0. The van der Waals surface area contributed by atoms with E-state index in [-0.39, 0.29) is 35.5 Å². The summed E-state index contributed by atoms with van der Waals surface area (Å²) in [5.41, 5.74) is 5.35. The van der Waals surface area contributed by atoms with Crippen LogP contribution in [0.4, 0.5) is 0 Å². The Labute approximate surface area is 110 Å². The number of phenolic OH excluding ortho intramolecular Hbond substituents is 2. The van der Waals surface area contributed by atoms with E-state index >= 15 is 0 Å². The number of nitrogens with zero attached hydrogens (tertiary/aromatic N) is 2. The zero-order chi connectivity index (χ0) is 14.6. The molecule has 0 aromatic heterocycles. The van der Waals surface area contributed by atoms with Crippen LogP contribution in [-0.2, 0) is 0 Å². The lowest BCUT2D eigenvalue weighted by molar-refractivity contribution is 0.0730. The fraction of sp³-hybridized carbons (Fsp3) is 0.333. The van der Waals surface area contributed by atoms with Crippen molar-refractivity contribution in [2.75, 3.05) is 6.54 Å². The SMILES string of the molecule is CC(C)N(C/C(N)=N/O)C(=O)c1cc(O)ccc1O. The molecule has 19 heavy (non-hydrogen) atoms. The Hall–Kier alpha value is -2.44. The highest BCUT2D eigenvalue weighted by Gasteiger charge is 2.22. The van der Waals surface area contributed by atoms with Crippen LogP contribution in [0.15, 0.2) is 23.4 Å². The van der Waals surface area contributed by atoms with E-state index in [1.54, 1.807) is 13.8 Å². The molecule has 0 unspecified atom stereocenters. The van der Waals surface area contributed by atoms with Crippen molar-refractivity contribution in [3.8, 4) is 11.5 Å². The zero-order valence-electron chi connectivity index (χ0n) is 10.7. The van der Waals surface area contributed by atoms with E-state index in [0.717, 1.165) is 0 Å². The van der Waals surface area contributed by atoms with Crippen LogP contribution in [0, 0.1) is 0 Å². The maximum atomic E-state index is 12.3. The molecule has 1 aromatic carbocycles. The molecule has 5 N–H and O–H groups in total. The quantitative estimate of drug-likeness (QED) is 0.210. The second kappa shape index (κ2) is 5.94. The van der Waals surface area contributed by atoms with E-state index in [0.29, 0.717) is 0 Å². The van der Waals surface area contributed by atoms with Crippen LogP contribution in [0.5, 0.6) is 11.5 Å². The summed E-state index contributed by atoms with van der Waals surface area (Å²) in [4.78, 5) is 13.6. The van der Waals surface area contributed by atoms with E-state index in [1.165, 1.54) is 23.1 Å². The molecule has 0 atom stereocenters. The van der Waals surface area contributed by atoms with E-state index in [1.807, 2.05) is 0 Å². The number of oxime groups is 1. The average molecular weight is 267 g/mol. The number of amides is 1. The molecule has 0 aliphatic carbocycles. The van der Waals surface area contributed by atoms with Crippen LogP contribution < -0.4 is 5.73 Å². The van der Waals surface area contributed by atoms with Crippen molar-refractivity contribution >= 4 is 11.7 Å². The number of benzene rings is 1. The number of hydrogen-bond acceptors (Lipinski definition) is 5. The molecule has 0 saturated carbocycles. The predicted octanol–water partition coefficient (Wildman–Crippen LogP) is 0.695. The molecule has 0 aliphatic heterocycles. The minimum absolute atomic E-state index is 0.0422. The number of rotatable bonds is 4. The van der Waals surface area contributed by atoms with E-state index < -0.39 is 5.91 Å².